The van der Waals surface area contributed by atoms with Crippen molar-refractivity contribution in [1.82, 2.24) is 9.97 Å². The van der Waals surface area contributed by atoms with Crippen LogP contribution in [0.3, 0.4) is 0 Å². The normalized spacial score (nSPS) is 10.7. The fourth-order valence-electron chi connectivity index (χ4n) is 2.28. The molecule has 0 atom stereocenters. The summed E-state index contributed by atoms with van der Waals surface area (Å²) in [7, 11) is 1.87. The second kappa shape index (κ2) is 5.52. The number of phenols is 1. The van der Waals surface area contributed by atoms with Crippen molar-refractivity contribution in [3.05, 3.63) is 47.8 Å². The zero-order chi connectivity index (χ0) is 15.7. The third-order valence-electron chi connectivity index (χ3n) is 3.59. The summed E-state index contributed by atoms with van der Waals surface area (Å²) in [6.45, 7) is 3.80. The van der Waals surface area contributed by atoms with Crippen LogP contribution in [-0.2, 0) is 0 Å². The van der Waals surface area contributed by atoms with Gasteiger partial charge in [-0.15, -0.1) is 0 Å². The third kappa shape index (κ3) is 2.53. The maximum atomic E-state index is 9.91. The summed E-state index contributed by atoms with van der Waals surface area (Å²) in [5.74, 6) is 1.36. The Morgan fingerprint density at radius 1 is 1.05 bits per heavy atom. The van der Waals surface area contributed by atoms with E-state index >= 15 is 0 Å². The quantitative estimate of drug-likeness (QED) is 0.769. The number of rotatable bonds is 3. The molecule has 0 saturated carbocycles. The number of ether oxygens (including phenoxy) is 1. The molecule has 3 aromatic rings. The minimum Gasteiger partial charge on any atom is -0.508 e. The smallest absolute Gasteiger partial charge is 0.230 e. The molecule has 0 radical (unpaired) electrons. The molecule has 5 nitrogen and oxygen atoms in total. The molecule has 0 aliphatic rings. The highest BCUT2D eigenvalue weighted by Crippen LogP contribution is 2.32. The molecule has 0 aliphatic carbocycles. The van der Waals surface area contributed by atoms with Gasteiger partial charge in [-0.05, 0) is 55.3 Å². The van der Waals surface area contributed by atoms with Crippen LogP contribution >= 0.6 is 0 Å². The van der Waals surface area contributed by atoms with Crippen LogP contribution in [0.15, 0.2) is 36.7 Å². The van der Waals surface area contributed by atoms with E-state index in [1.807, 2.05) is 45.2 Å². The number of aromatic hydroxyl groups is 1. The van der Waals surface area contributed by atoms with E-state index in [1.165, 1.54) is 6.33 Å². The van der Waals surface area contributed by atoms with E-state index in [2.05, 4.69) is 15.3 Å². The van der Waals surface area contributed by atoms with Gasteiger partial charge in [-0.2, -0.15) is 0 Å². The number of benzene rings is 2. The zero-order valence-corrected chi connectivity index (χ0v) is 12.7. The van der Waals surface area contributed by atoms with Gasteiger partial charge in [0.15, 0.2) is 0 Å². The maximum Gasteiger partial charge on any atom is 0.230 e. The number of fused-ring (bicyclic) bond motifs is 1. The molecule has 0 unspecified atom stereocenters. The summed E-state index contributed by atoms with van der Waals surface area (Å²) in [4.78, 5) is 8.42. The van der Waals surface area contributed by atoms with E-state index in [0.29, 0.717) is 11.3 Å². The number of nitrogens with zero attached hydrogens (tertiary/aromatic N) is 2. The van der Waals surface area contributed by atoms with Gasteiger partial charge >= 0.3 is 0 Å². The predicted octanol–water partition coefficient (Wildman–Crippen LogP) is 3.79. The van der Waals surface area contributed by atoms with Crippen LogP contribution in [0.1, 0.15) is 11.1 Å². The Hall–Kier alpha value is -2.82. The monoisotopic (exact) mass is 295 g/mol. The van der Waals surface area contributed by atoms with Crippen molar-refractivity contribution in [2.45, 2.75) is 13.8 Å². The van der Waals surface area contributed by atoms with Crippen LogP contribution in [0.25, 0.3) is 10.9 Å². The van der Waals surface area contributed by atoms with E-state index in [1.54, 1.807) is 6.07 Å². The second-order valence-electron chi connectivity index (χ2n) is 5.17. The molecule has 1 heterocycles. The van der Waals surface area contributed by atoms with Gasteiger partial charge in [0.2, 0.25) is 5.88 Å². The minimum atomic E-state index is 0.203. The largest absolute Gasteiger partial charge is 0.508 e. The molecular weight excluding hydrogens is 278 g/mol. The number of hydrogen-bond donors (Lipinski definition) is 2. The molecule has 0 spiro atoms. The fourth-order valence-corrected chi connectivity index (χ4v) is 2.28. The Morgan fingerprint density at radius 2 is 1.86 bits per heavy atom. The summed E-state index contributed by atoms with van der Waals surface area (Å²) >= 11 is 0. The lowest BCUT2D eigenvalue weighted by Gasteiger charge is -2.11. The number of aryl methyl sites for hydroxylation is 2. The van der Waals surface area contributed by atoms with Gasteiger partial charge in [-0.1, -0.05) is 0 Å². The number of nitrogens with one attached hydrogen (secondary N) is 1. The highest BCUT2D eigenvalue weighted by atomic mass is 16.5. The van der Waals surface area contributed by atoms with Crippen molar-refractivity contribution in [3.8, 4) is 17.4 Å². The van der Waals surface area contributed by atoms with Gasteiger partial charge in [-0.25, -0.2) is 9.97 Å². The number of aromatic nitrogens is 2. The van der Waals surface area contributed by atoms with Crippen LogP contribution in [0.5, 0.6) is 17.4 Å². The summed E-state index contributed by atoms with van der Waals surface area (Å²) in [6, 6.07) is 9.28. The highest BCUT2D eigenvalue weighted by molar-refractivity contribution is 5.85. The van der Waals surface area contributed by atoms with Crippen molar-refractivity contribution in [2.24, 2.45) is 0 Å². The molecule has 22 heavy (non-hydrogen) atoms. The van der Waals surface area contributed by atoms with E-state index in [-0.39, 0.29) is 5.75 Å². The third-order valence-corrected chi connectivity index (χ3v) is 3.59. The first-order valence-electron chi connectivity index (χ1n) is 6.99. The molecule has 112 valence electrons. The molecule has 0 bridgehead atoms. The first-order valence-corrected chi connectivity index (χ1v) is 6.99. The molecule has 3 rings (SSSR count). The lowest BCUT2D eigenvalue weighted by Crippen LogP contribution is -1.95. The van der Waals surface area contributed by atoms with Crippen molar-refractivity contribution >= 4 is 16.6 Å². The van der Waals surface area contributed by atoms with E-state index in [9.17, 15) is 5.11 Å². The lowest BCUT2D eigenvalue weighted by molar-refractivity contribution is 0.460. The number of anilines is 1. The Kier molecular flexibility index (Phi) is 3.55. The lowest BCUT2D eigenvalue weighted by atomic mass is 10.1. The summed E-state index contributed by atoms with van der Waals surface area (Å²) in [6.07, 6.45) is 1.46. The van der Waals surface area contributed by atoms with E-state index in [4.69, 9.17) is 4.74 Å². The average Bonchev–Trinajstić information content (AvgIpc) is 2.51. The molecule has 0 amide bonds. The molecule has 1 aromatic heterocycles. The molecule has 5 heteroatoms. The van der Waals surface area contributed by atoms with E-state index < -0.39 is 0 Å². The van der Waals surface area contributed by atoms with Crippen LogP contribution in [-0.4, -0.2) is 22.1 Å². The summed E-state index contributed by atoms with van der Waals surface area (Å²) in [5.41, 5.74) is 3.53. The predicted molar refractivity (Wildman–Crippen MR) is 86.7 cm³/mol. The number of hydrogen-bond acceptors (Lipinski definition) is 5. The topological polar surface area (TPSA) is 67.3 Å². The summed E-state index contributed by atoms with van der Waals surface area (Å²) < 4.78 is 5.93. The molecule has 0 fully saturated rings. The van der Waals surface area contributed by atoms with Crippen molar-refractivity contribution in [1.29, 1.82) is 0 Å². The number of phenolic OH excluding ortho intramolecular Hbond substituents is 1. The molecular formula is C17H17N3O2. The van der Waals surface area contributed by atoms with E-state index in [0.717, 1.165) is 28.1 Å². The Balaban J connectivity index is 2.06. The van der Waals surface area contributed by atoms with Gasteiger partial charge in [0.1, 0.15) is 17.8 Å². The van der Waals surface area contributed by atoms with Crippen LogP contribution in [0.4, 0.5) is 5.69 Å². The van der Waals surface area contributed by atoms with Gasteiger partial charge in [0.25, 0.3) is 0 Å². The molecule has 0 saturated heterocycles. The van der Waals surface area contributed by atoms with Gasteiger partial charge in [0.05, 0.1) is 10.9 Å². The average molecular weight is 295 g/mol. The van der Waals surface area contributed by atoms with Crippen LogP contribution in [0.2, 0.25) is 0 Å². The Labute approximate surface area is 128 Å². The SMILES string of the molecule is CNc1ccc(Oc2ncnc3cc(C)c(O)cc23)c(C)c1. The van der Waals surface area contributed by atoms with Crippen molar-refractivity contribution in [2.75, 3.05) is 12.4 Å². The molecule has 0 aliphatic heterocycles. The van der Waals surface area contributed by atoms with Crippen molar-refractivity contribution in [3.63, 3.8) is 0 Å². The second-order valence-corrected chi connectivity index (χ2v) is 5.17. The Bertz CT molecular complexity index is 847. The maximum absolute atomic E-state index is 9.91. The van der Waals surface area contributed by atoms with Crippen LogP contribution in [0, 0.1) is 13.8 Å². The zero-order valence-electron chi connectivity index (χ0n) is 12.7. The first kappa shape index (κ1) is 14.1. The Morgan fingerprint density at radius 3 is 2.59 bits per heavy atom. The van der Waals surface area contributed by atoms with Gasteiger partial charge in [-0.3, -0.25) is 0 Å². The highest BCUT2D eigenvalue weighted by Gasteiger charge is 2.10. The summed E-state index contributed by atoms with van der Waals surface area (Å²) in [5, 5.41) is 13.7. The molecule has 2 aromatic carbocycles. The van der Waals surface area contributed by atoms with Crippen LogP contribution < -0.4 is 10.1 Å². The standard InChI is InChI=1S/C17H17N3O2/c1-10-7-14-13(8-15(10)21)17(20-9-19-14)22-16-5-4-12(18-3)6-11(16)2/h4-9,18,21H,1-3H3. The van der Waals surface area contributed by atoms with Gasteiger partial charge in [0, 0.05) is 12.7 Å². The van der Waals surface area contributed by atoms with Gasteiger partial charge < -0.3 is 15.2 Å². The molecule has 2 N–H and O–H groups in total. The first-order chi connectivity index (χ1) is 10.6. The minimum absolute atomic E-state index is 0.203. The van der Waals surface area contributed by atoms with Crippen molar-refractivity contribution < 1.29 is 9.84 Å². The fraction of sp³-hybridized carbons (Fsp3) is 0.176.